The normalized spacial score (nSPS) is 11.8. The maximum absolute atomic E-state index is 13.3. The topological polar surface area (TPSA) is 21.1 Å². The molecule has 0 saturated heterocycles. The summed E-state index contributed by atoms with van der Waals surface area (Å²) in [6.07, 6.45) is -2.60. The molecule has 0 atom stereocenters. The number of halogens is 4. The average molecular weight is 441 g/mol. The summed E-state index contributed by atoms with van der Waals surface area (Å²) in [5, 5.41) is 1.05. The van der Waals surface area contributed by atoms with Crippen molar-refractivity contribution in [2.75, 3.05) is 11.9 Å². The molecule has 3 nitrogen and oxygen atoms in total. The van der Waals surface area contributed by atoms with E-state index >= 15 is 0 Å². The summed E-state index contributed by atoms with van der Waals surface area (Å²) in [7, 11) is 1.92. The minimum Gasteiger partial charge on any atom is -0.354 e. The monoisotopic (exact) mass is 441 g/mol. The van der Waals surface area contributed by atoms with E-state index in [9.17, 15) is 17.6 Å². The second kappa shape index (κ2) is 8.30. The lowest BCUT2D eigenvalue weighted by Gasteiger charge is -2.21. The van der Waals surface area contributed by atoms with Gasteiger partial charge in [-0.25, -0.2) is 9.37 Å². The van der Waals surface area contributed by atoms with Crippen LogP contribution in [0.4, 0.5) is 23.4 Å². The van der Waals surface area contributed by atoms with Crippen LogP contribution < -0.4 is 4.90 Å². The summed E-state index contributed by atoms with van der Waals surface area (Å²) in [6, 6.07) is 13.6. The second-order valence-corrected chi connectivity index (χ2v) is 8.00. The fraction of sp³-hybridized carbons (Fsp3) is 0.240. The van der Waals surface area contributed by atoms with Crippen LogP contribution in [0.15, 0.2) is 60.8 Å². The molecule has 0 amide bonds. The Morgan fingerprint density at radius 1 is 0.906 bits per heavy atom. The first-order chi connectivity index (χ1) is 15.1. The van der Waals surface area contributed by atoms with Gasteiger partial charge >= 0.3 is 6.18 Å². The minimum absolute atomic E-state index is 0.284. The van der Waals surface area contributed by atoms with Gasteiger partial charge in [0.2, 0.25) is 0 Å². The first-order valence-electron chi connectivity index (χ1n) is 10.2. The Bertz CT molecular complexity index is 1240. The fourth-order valence-corrected chi connectivity index (χ4v) is 3.97. The molecule has 2 aromatic carbocycles. The quantitative estimate of drug-likeness (QED) is 0.330. The van der Waals surface area contributed by atoms with Gasteiger partial charge in [-0.3, -0.25) is 0 Å². The minimum atomic E-state index is -4.36. The first-order valence-corrected chi connectivity index (χ1v) is 10.2. The van der Waals surface area contributed by atoms with Crippen molar-refractivity contribution in [3.05, 3.63) is 94.6 Å². The van der Waals surface area contributed by atoms with Gasteiger partial charge in [-0.15, -0.1) is 0 Å². The molecule has 0 aliphatic carbocycles. The van der Waals surface area contributed by atoms with Crippen LogP contribution in [0.5, 0.6) is 0 Å². The number of nitrogens with zero attached hydrogens (tertiary/aromatic N) is 3. The van der Waals surface area contributed by atoms with E-state index in [2.05, 4.69) is 9.55 Å². The molecule has 0 saturated carbocycles. The van der Waals surface area contributed by atoms with Gasteiger partial charge in [0, 0.05) is 37.4 Å². The van der Waals surface area contributed by atoms with E-state index in [-0.39, 0.29) is 5.82 Å². The summed E-state index contributed by atoms with van der Waals surface area (Å²) in [5.74, 6) is 0.475. The second-order valence-electron chi connectivity index (χ2n) is 8.00. The Morgan fingerprint density at radius 2 is 1.53 bits per heavy atom. The van der Waals surface area contributed by atoms with Gasteiger partial charge in [-0.2, -0.15) is 13.2 Å². The van der Waals surface area contributed by atoms with Gasteiger partial charge in [0.05, 0.1) is 11.1 Å². The molecule has 32 heavy (non-hydrogen) atoms. The van der Waals surface area contributed by atoms with E-state index in [0.29, 0.717) is 13.1 Å². The van der Waals surface area contributed by atoms with Crippen molar-refractivity contribution in [3.8, 4) is 0 Å². The maximum Gasteiger partial charge on any atom is 0.416 e. The number of benzene rings is 2. The summed E-state index contributed by atoms with van der Waals surface area (Å²) in [6.45, 7) is 5.00. The van der Waals surface area contributed by atoms with Crippen LogP contribution in [0, 0.1) is 19.7 Å². The van der Waals surface area contributed by atoms with Gasteiger partial charge in [0.15, 0.2) is 5.82 Å². The van der Waals surface area contributed by atoms with Crippen molar-refractivity contribution in [2.45, 2.75) is 33.1 Å². The van der Waals surface area contributed by atoms with Crippen LogP contribution >= 0.6 is 0 Å². The van der Waals surface area contributed by atoms with Gasteiger partial charge in [-0.05, 0) is 60.9 Å². The van der Waals surface area contributed by atoms with Gasteiger partial charge < -0.3 is 9.47 Å². The van der Waals surface area contributed by atoms with Crippen LogP contribution in [-0.2, 0) is 19.3 Å². The zero-order valence-electron chi connectivity index (χ0n) is 18.0. The van der Waals surface area contributed by atoms with Crippen LogP contribution in [0.1, 0.15) is 27.9 Å². The molecule has 0 aliphatic rings. The van der Waals surface area contributed by atoms with Crippen molar-refractivity contribution in [1.82, 2.24) is 9.55 Å². The van der Waals surface area contributed by atoms with E-state index in [1.165, 1.54) is 24.3 Å². The molecule has 0 fully saturated rings. The lowest BCUT2D eigenvalue weighted by molar-refractivity contribution is -0.137. The molecule has 2 heterocycles. The average Bonchev–Trinajstić information content (AvgIpc) is 3.00. The molecule has 0 radical (unpaired) electrons. The van der Waals surface area contributed by atoms with Crippen LogP contribution in [-0.4, -0.2) is 16.6 Å². The van der Waals surface area contributed by atoms with Crippen molar-refractivity contribution >= 4 is 16.7 Å². The summed E-state index contributed by atoms with van der Waals surface area (Å²) in [5.41, 5.74) is 4.12. The van der Waals surface area contributed by atoms with Crippen LogP contribution in [0.2, 0.25) is 0 Å². The number of aromatic nitrogens is 2. The highest BCUT2D eigenvalue weighted by Gasteiger charge is 2.30. The van der Waals surface area contributed by atoms with Crippen molar-refractivity contribution in [2.24, 2.45) is 0 Å². The van der Waals surface area contributed by atoms with Gasteiger partial charge in [0.25, 0.3) is 0 Å². The number of alkyl halides is 3. The molecular formula is C25H23F4N3. The smallest absolute Gasteiger partial charge is 0.354 e. The predicted octanol–water partition coefficient (Wildman–Crippen LogP) is 6.50. The standard InChI is InChI=1S/C25H23F4N3/c1-16-17(2)32(15-19-4-8-20(9-5-19)25(27,28)29)23-22(16)12-13-30-24(23)31(3)14-18-6-10-21(26)11-7-18/h4-13H,14-15H2,1-3H3. The first kappa shape index (κ1) is 21.9. The Labute approximate surface area is 183 Å². The number of anilines is 1. The number of hydrogen-bond donors (Lipinski definition) is 0. The Morgan fingerprint density at radius 3 is 2.16 bits per heavy atom. The van der Waals surface area contributed by atoms with Crippen molar-refractivity contribution in [1.29, 1.82) is 0 Å². The zero-order chi connectivity index (χ0) is 23.0. The molecule has 4 rings (SSSR count). The molecule has 4 aromatic rings. The van der Waals surface area contributed by atoms with E-state index in [0.717, 1.165) is 51.2 Å². The Hall–Kier alpha value is -3.35. The van der Waals surface area contributed by atoms with Crippen LogP contribution in [0.25, 0.3) is 10.9 Å². The number of hydrogen-bond acceptors (Lipinski definition) is 2. The number of pyridine rings is 1. The van der Waals surface area contributed by atoms with Crippen molar-refractivity contribution < 1.29 is 17.6 Å². The summed E-state index contributed by atoms with van der Waals surface area (Å²) < 4.78 is 54.1. The molecule has 166 valence electrons. The maximum atomic E-state index is 13.3. The highest BCUT2D eigenvalue weighted by Crippen LogP contribution is 2.33. The largest absolute Gasteiger partial charge is 0.416 e. The molecule has 2 aromatic heterocycles. The Balaban J connectivity index is 1.73. The molecule has 7 heteroatoms. The molecule has 0 bridgehead atoms. The van der Waals surface area contributed by atoms with Gasteiger partial charge in [-0.1, -0.05) is 24.3 Å². The van der Waals surface area contributed by atoms with E-state index in [1.54, 1.807) is 18.3 Å². The van der Waals surface area contributed by atoms with Crippen molar-refractivity contribution in [3.63, 3.8) is 0 Å². The third kappa shape index (κ3) is 4.20. The molecule has 0 unspecified atom stereocenters. The number of fused-ring (bicyclic) bond motifs is 1. The third-order valence-electron chi connectivity index (χ3n) is 5.84. The molecular weight excluding hydrogens is 418 g/mol. The van der Waals surface area contributed by atoms with Crippen LogP contribution in [0.3, 0.4) is 0 Å². The number of rotatable bonds is 5. The molecule has 0 spiro atoms. The highest BCUT2D eigenvalue weighted by atomic mass is 19.4. The molecule has 0 N–H and O–H groups in total. The predicted molar refractivity (Wildman–Crippen MR) is 118 cm³/mol. The Kier molecular flexibility index (Phi) is 5.67. The fourth-order valence-electron chi connectivity index (χ4n) is 3.97. The van der Waals surface area contributed by atoms with E-state index < -0.39 is 11.7 Å². The zero-order valence-corrected chi connectivity index (χ0v) is 18.0. The lowest BCUT2D eigenvalue weighted by Crippen LogP contribution is -2.19. The van der Waals surface area contributed by atoms with Gasteiger partial charge in [0.1, 0.15) is 5.82 Å². The SMILES string of the molecule is Cc1c(C)n(Cc2ccc(C(F)(F)F)cc2)c2c(N(C)Cc3ccc(F)cc3)nccc12. The molecule has 0 aliphatic heterocycles. The third-order valence-corrected chi connectivity index (χ3v) is 5.84. The summed E-state index contributed by atoms with van der Waals surface area (Å²) in [4.78, 5) is 6.60. The number of aryl methyl sites for hydroxylation is 1. The lowest BCUT2D eigenvalue weighted by atomic mass is 10.1. The highest BCUT2D eigenvalue weighted by molar-refractivity contribution is 5.93. The summed E-state index contributed by atoms with van der Waals surface area (Å²) >= 11 is 0. The van der Waals surface area contributed by atoms with E-state index in [1.807, 2.05) is 31.9 Å². The van der Waals surface area contributed by atoms with E-state index in [4.69, 9.17) is 0 Å².